The lowest BCUT2D eigenvalue weighted by Crippen LogP contribution is -2.64. The number of hydrogen-bond acceptors (Lipinski definition) is 14. The van der Waals surface area contributed by atoms with Gasteiger partial charge in [-0.1, -0.05) is 84.8 Å². The molecule has 87 heavy (non-hydrogen) atoms. The number of ether oxygens (including phenoxy) is 1. The van der Waals surface area contributed by atoms with Gasteiger partial charge in [-0.05, 0) is 119 Å². The number of carbonyl (C=O) groups is 5. The summed E-state index contributed by atoms with van der Waals surface area (Å²) in [5.41, 5.74) is 5.54. The van der Waals surface area contributed by atoms with E-state index in [-0.39, 0.29) is 41.9 Å². The summed E-state index contributed by atoms with van der Waals surface area (Å²) in [4.78, 5) is 99.6. The first-order valence-corrected chi connectivity index (χ1v) is 31.3. The Labute approximate surface area is 516 Å². The second-order valence-electron chi connectivity index (χ2n) is 24.8. The third kappa shape index (κ3) is 16.6. The molecule has 0 bridgehead atoms. The molecule has 462 valence electrons. The summed E-state index contributed by atoms with van der Waals surface area (Å²) >= 11 is 6.36. The van der Waals surface area contributed by atoms with Crippen molar-refractivity contribution in [1.29, 1.82) is 0 Å². The highest BCUT2D eigenvalue weighted by molar-refractivity contribution is 6.30. The Bertz CT molecular complexity index is 3340. The molecule has 0 radical (unpaired) electrons. The SMILES string of the molecule is CCc1cccc(-c2cnc(C(=O)N3CCC(CN4CCN(CC(=O)N5CCN(CC[C@H](NC(=O)C6(NC(=O)OC(C)(C)C)CCN(c7ncnc8[nH]ccc78)CC6)c6ccc(Cl)cc6)CC5)CC4)CC3)c(NC(=O)CNCc3cccc(C)c3)c2)c1. The molecule has 0 aliphatic carbocycles. The van der Waals surface area contributed by atoms with Crippen molar-refractivity contribution in [2.75, 3.05) is 115 Å². The molecule has 4 saturated heterocycles. The van der Waals surface area contributed by atoms with Crippen molar-refractivity contribution in [2.45, 2.75) is 96.9 Å². The molecule has 0 unspecified atom stereocenters. The number of piperazine rings is 2. The summed E-state index contributed by atoms with van der Waals surface area (Å²) in [6.45, 7) is 20.4. The smallest absolute Gasteiger partial charge is 0.408 e. The van der Waals surface area contributed by atoms with Gasteiger partial charge >= 0.3 is 6.09 Å². The topological polar surface area (TPSA) is 217 Å². The van der Waals surface area contributed by atoms with Gasteiger partial charge < -0.3 is 50.6 Å². The van der Waals surface area contributed by atoms with Crippen LogP contribution in [0.2, 0.25) is 5.02 Å². The number of aromatic nitrogens is 4. The van der Waals surface area contributed by atoms with Crippen LogP contribution in [-0.4, -0.2) is 190 Å². The zero-order chi connectivity index (χ0) is 61.1. The highest BCUT2D eigenvalue weighted by Crippen LogP contribution is 2.33. The number of likely N-dealkylation sites (tertiary alicyclic amines) is 1. The van der Waals surface area contributed by atoms with E-state index in [0.717, 1.165) is 96.7 Å². The van der Waals surface area contributed by atoms with Crippen molar-refractivity contribution in [2.24, 2.45) is 5.92 Å². The van der Waals surface area contributed by atoms with Gasteiger partial charge in [-0.15, -0.1) is 0 Å². The molecule has 4 fully saturated rings. The molecule has 7 heterocycles. The van der Waals surface area contributed by atoms with E-state index in [9.17, 15) is 24.0 Å². The standard InChI is InChI=1S/C66H85ClN14O6/c1-6-47-10-8-12-51(38-47)52-39-56(73-57(82)42-68-40-49-11-7-9-46(2)37-49)59(70-41-52)62(84)81-25-18-48(19-26-81)43-77-29-31-78(32-30-77)44-58(83)79-35-33-76(34-36-79)24-20-55(50-13-15-53(67)16-14-50)74-63(85)66(75-64(86)87-65(3,4)5)21-27-80(28-22-66)61-54-17-23-69-60(54)71-45-72-61/h7-17,23,37-39,41,45,48,55,68H,6,18-22,24-36,40,42-44H2,1-5H3,(H,73,82)(H,74,85)(H,75,86)(H,69,71,72)/t55-/m0/s1. The molecule has 4 aliphatic rings. The Morgan fingerprint density at radius 2 is 1.48 bits per heavy atom. The van der Waals surface area contributed by atoms with E-state index < -0.39 is 17.2 Å². The fourth-order valence-electron chi connectivity index (χ4n) is 12.4. The Hall–Kier alpha value is -7.49. The van der Waals surface area contributed by atoms with Crippen LogP contribution in [0.5, 0.6) is 0 Å². The van der Waals surface area contributed by atoms with Crippen LogP contribution in [0.15, 0.2) is 104 Å². The van der Waals surface area contributed by atoms with Gasteiger partial charge in [-0.2, -0.15) is 0 Å². The van der Waals surface area contributed by atoms with Crippen LogP contribution in [0.4, 0.5) is 16.3 Å². The fraction of sp³-hybridized carbons (Fsp3) is 0.485. The second kappa shape index (κ2) is 28.6. The Morgan fingerprint density at radius 1 is 0.770 bits per heavy atom. The summed E-state index contributed by atoms with van der Waals surface area (Å²) in [6, 6.07) is 27.4. The van der Waals surface area contributed by atoms with E-state index in [4.69, 9.17) is 21.3 Å². The Kier molecular flexibility index (Phi) is 20.5. The number of nitrogens with one attached hydrogen (secondary N) is 5. The van der Waals surface area contributed by atoms with Crippen molar-refractivity contribution in [3.63, 3.8) is 0 Å². The molecule has 21 heteroatoms. The molecule has 10 rings (SSSR count). The van der Waals surface area contributed by atoms with Crippen molar-refractivity contribution < 1.29 is 28.7 Å². The molecular formula is C66H85ClN14O6. The largest absolute Gasteiger partial charge is 0.444 e. The third-order valence-corrected chi connectivity index (χ3v) is 17.7. The molecule has 5 N–H and O–H groups in total. The number of carbonyl (C=O) groups excluding carboxylic acids is 5. The van der Waals surface area contributed by atoms with E-state index in [2.05, 4.69) is 80.9 Å². The number of fused-ring (bicyclic) bond motifs is 1. The van der Waals surface area contributed by atoms with Crippen LogP contribution >= 0.6 is 11.6 Å². The zero-order valence-corrected chi connectivity index (χ0v) is 51.8. The van der Waals surface area contributed by atoms with E-state index >= 15 is 0 Å². The number of hydrogen-bond donors (Lipinski definition) is 5. The lowest BCUT2D eigenvalue weighted by atomic mass is 9.85. The third-order valence-electron chi connectivity index (χ3n) is 17.4. The summed E-state index contributed by atoms with van der Waals surface area (Å²) < 4.78 is 5.72. The first-order chi connectivity index (χ1) is 42.0. The number of halogens is 1. The van der Waals surface area contributed by atoms with Crippen molar-refractivity contribution in [3.05, 3.63) is 137 Å². The number of benzene rings is 3. The minimum atomic E-state index is -1.25. The van der Waals surface area contributed by atoms with Gasteiger partial charge in [-0.25, -0.2) is 19.7 Å². The van der Waals surface area contributed by atoms with E-state index in [1.807, 2.05) is 89.7 Å². The average Bonchev–Trinajstić information content (AvgIpc) is 3.36. The normalized spacial score (nSPS) is 17.7. The molecule has 3 aromatic carbocycles. The highest BCUT2D eigenvalue weighted by atomic mass is 35.5. The lowest BCUT2D eigenvalue weighted by Gasteiger charge is -2.42. The Balaban J connectivity index is 0.674. The molecule has 1 atom stereocenters. The minimum Gasteiger partial charge on any atom is -0.444 e. The van der Waals surface area contributed by atoms with Crippen LogP contribution in [0.25, 0.3) is 22.2 Å². The van der Waals surface area contributed by atoms with Gasteiger partial charge in [-0.3, -0.25) is 29.0 Å². The van der Waals surface area contributed by atoms with E-state index in [1.54, 1.807) is 27.0 Å². The molecule has 5 amide bonds. The second-order valence-corrected chi connectivity index (χ2v) is 25.3. The monoisotopic (exact) mass is 1200 g/mol. The van der Waals surface area contributed by atoms with Gasteiger partial charge in [0.1, 0.15) is 28.9 Å². The Morgan fingerprint density at radius 3 is 2.21 bits per heavy atom. The predicted molar refractivity (Wildman–Crippen MR) is 339 cm³/mol. The molecule has 4 aliphatic heterocycles. The molecular weight excluding hydrogens is 1120 g/mol. The number of amides is 5. The van der Waals surface area contributed by atoms with Crippen molar-refractivity contribution in [3.8, 4) is 11.1 Å². The maximum Gasteiger partial charge on any atom is 0.408 e. The predicted octanol–water partition coefficient (Wildman–Crippen LogP) is 7.70. The number of H-pyrrole nitrogens is 1. The number of aromatic amines is 1. The van der Waals surface area contributed by atoms with E-state index in [0.29, 0.717) is 108 Å². The van der Waals surface area contributed by atoms with Crippen LogP contribution in [0.1, 0.15) is 98.6 Å². The van der Waals surface area contributed by atoms with Gasteiger partial charge in [0.2, 0.25) is 17.7 Å². The lowest BCUT2D eigenvalue weighted by molar-refractivity contribution is -0.134. The highest BCUT2D eigenvalue weighted by Gasteiger charge is 2.45. The maximum absolute atomic E-state index is 14.8. The molecule has 20 nitrogen and oxygen atoms in total. The van der Waals surface area contributed by atoms with Crippen LogP contribution in [0.3, 0.4) is 0 Å². The first kappa shape index (κ1) is 62.6. The number of rotatable bonds is 20. The number of anilines is 2. The number of aryl methyl sites for hydroxylation is 2. The van der Waals surface area contributed by atoms with Crippen LogP contribution in [-0.2, 0) is 32.1 Å². The first-order valence-electron chi connectivity index (χ1n) is 31.0. The van der Waals surface area contributed by atoms with E-state index in [1.165, 1.54) is 11.9 Å². The molecule has 3 aromatic heterocycles. The summed E-state index contributed by atoms with van der Waals surface area (Å²) in [5.74, 6) is 0.647. The number of pyridine rings is 1. The fourth-order valence-corrected chi connectivity index (χ4v) is 12.5. The average molecular weight is 1210 g/mol. The van der Waals surface area contributed by atoms with Crippen molar-refractivity contribution >= 4 is 63.9 Å². The van der Waals surface area contributed by atoms with Crippen LogP contribution in [0, 0.1) is 12.8 Å². The van der Waals surface area contributed by atoms with Gasteiger partial charge in [0.05, 0.1) is 30.2 Å². The summed E-state index contributed by atoms with van der Waals surface area (Å²) in [6.07, 6.45) is 8.33. The number of nitrogens with zero attached hydrogens (tertiary/aromatic N) is 9. The maximum atomic E-state index is 14.8. The zero-order valence-electron chi connectivity index (χ0n) is 51.1. The van der Waals surface area contributed by atoms with Crippen molar-refractivity contribution in [1.82, 2.24) is 60.4 Å². The molecule has 0 saturated carbocycles. The quantitative estimate of drug-likeness (QED) is 0.0496. The number of alkyl carbamates (subject to hydrolysis) is 1. The van der Waals surface area contributed by atoms with Crippen LogP contribution < -0.4 is 26.2 Å². The molecule has 6 aromatic rings. The number of piperidine rings is 2. The van der Waals surface area contributed by atoms with Gasteiger partial charge in [0.25, 0.3) is 5.91 Å². The van der Waals surface area contributed by atoms with Gasteiger partial charge in [0, 0.05) is 121 Å². The van der Waals surface area contributed by atoms with Gasteiger partial charge in [0.15, 0.2) is 5.69 Å². The summed E-state index contributed by atoms with van der Waals surface area (Å²) in [7, 11) is 0. The minimum absolute atomic E-state index is 0.0832. The summed E-state index contributed by atoms with van der Waals surface area (Å²) in [5, 5.41) is 14.1. The molecule has 0 spiro atoms.